The highest BCUT2D eigenvalue weighted by molar-refractivity contribution is 5.91. The van der Waals surface area contributed by atoms with Crippen molar-refractivity contribution < 1.29 is 19.1 Å². The summed E-state index contributed by atoms with van der Waals surface area (Å²) in [4.78, 5) is 23.8. The Hall–Kier alpha value is -4.04. The molecule has 0 fully saturated rings. The van der Waals surface area contributed by atoms with E-state index in [1.54, 1.807) is 30.3 Å². The number of carbonyl (C=O) groups excluding carboxylic acids is 2. The Morgan fingerprint density at radius 2 is 1.57 bits per heavy atom. The first-order chi connectivity index (χ1) is 14.6. The molecule has 3 aromatic rings. The fourth-order valence-electron chi connectivity index (χ4n) is 2.66. The Kier molecular flexibility index (Phi) is 7.23. The van der Waals surface area contributed by atoms with Crippen molar-refractivity contribution in [3.63, 3.8) is 0 Å². The van der Waals surface area contributed by atoms with Crippen molar-refractivity contribution in [1.82, 2.24) is 0 Å². The Balaban J connectivity index is 1.58. The molecular weight excluding hydrogens is 378 g/mol. The van der Waals surface area contributed by atoms with E-state index in [1.807, 2.05) is 48.5 Å². The van der Waals surface area contributed by atoms with Gasteiger partial charge in [-0.15, -0.1) is 0 Å². The van der Waals surface area contributed by atoms with Gasteiger partial charge in [0, 0.05) is 16.8 Å². The maximum absolute atomic E-state index is 12.2. The second-order valence-electron chi connectivity index (χ2n) is 6.36. The van der Waals surface area contributed by atoms with Crippen LogP contribution in [0.5, 0.6) is 5.75 Å². The van der Waals surface area contributed by atoms with Crippen molar-refractivity contribution in [1.29, 1.82) is 0 Å². The van der Waals surface area contributed by atoms with E-state index in [1.165, 1.54) is 7.11 Å². The minimum atomic E-state index is -0.403. The number of carbonyl (C=O) groups is 2. The summed E-state index contributed by atoms with van der Waals surface area (Å²) in [7, 11) is 1.34. The summed E-state index contributed by atoms with van der Waals surface area (Å²) in [6, 6.07) is 23.6. The molecule has 150 valence electrons. The van der Waals surface area contributed by atoms with Gasteiger partial charge in [0.15, 0.2) is 0 Å². The molecule has 0 bridgehead atoms. The Morgan fingerprint density at radius 1 is 0.867 bits per heavy atom. The maximum Gasteiger partial charge on any atom is 0.337 e. The first-order valence-corrected chi connectivity index (χ1v) is 9.42. The van der Waals surface area contributed by atoms with Gasteiger partial charge in [-0.3, -0.25) is 4.79 Å². The summed E-state index contributed by atoms with van der Waals surface area (Å²) in [6.45, 7) is 0.297. The van der Waals surface area contributed by atoms with Crippen LogP contribution in [0.15, 0.2) is 78.9 Å². The second kappa shape index (κ2) is 10.5. The zero-order valence-electron chi connectivity index (χ0n) is 16.6. The number of anilines is 1. The number of hydrogen-bond acceptors (Lipinski definition) is 4. The average Bonchev–Trinajstić information content (AvgIpc) is 2.78. The molecule has 0 aromatic heterocycles. The van der Waals surface area contributed by atoms with Gasteiger partial charge in [0.05, 0.1) is 25.7 Å². The van der Waals surface area contributed by atoms with Crippen LogP contribution in [-0.2, 0) is 9.53 Å². The zero-order valence-corrected chi connectivity index (χ0v) is 16.6. The number of methoxy groups -OCH3 is 1. The number of para-hydroxylation sites is 1. The van der Waals surface area contributed by atoms with Crippen LogP contribution in [0.1, 0.15) is 27.9 Å². The van der Waals surface area contributed by atoms with Gasteiger partial charge in [0.25, 0.3) is 0 Å². The van der Waals surface area contributed by atoms with Crippen molar-refractivity contribution >= 4 is 17.6 Å². The molecular formula is C25H21NO4. The number of rotatable bonds is 6. The lowest BCUT2D eigenvalue weighted by molar-refractivity contribution is -0.116. The molecule has 5 heteroatoms. The number of ether oxygens (including phenoxy) is 2. The molecule has 0 saturated heterocycles. The number of nitrogens with one attached hydrogen (secondary N) is 1. The quantitative estimate of drug-likeness (QED) is 0.496. The lowest BCUT2D eigenvalue weighted by atomic mass is 10.1. The minimum absolute atomic E-state index is 0.137. The van der Waals surface area contributed by atoms with E-state index in [4.69, 9.17) is 9.47 Å². The van der Waals surface area contributed by atoms with Crippen LogP contribution in [0, 0.1) is 11.8 Å². The minimum Gasteiger partial charge on any atom is -0.493 e. The van der Waals surface area contributed by atoms with Gasteiger partial charge in [-0.05, 0) is 48.5 Å². The van der Waals surface area contributed by atoms with E-state index in [9.17, 15) is 9.59 Å². The predicted octanol–water partition coefficient (Wildman–Crippen LogP) is 4.28. The van der Waals surface area contributed by atoms with Crippen molar-refractivity contribution in [2.45, 2.75) is 6.42 Å². The monoisotopic (exact) mass is 399 g/mol. The lowest BCUT2D eigenvalue weighted by Gasteiger charge is -2.07. The molecule has 0 radical (unpaired) electrons. The van der Waals surface area contributed by atoms with Gasteiger partial charge in [-0.2, -0.15) is 0 Å². The van der Waals surface area contributed by atoms with Crippen LogP contribution in [0.4, 0.5) is 5.69 Å². The van der Waals surface area contributed by atoms with E-state index < -0.39 is 5.97 Å². The Bertz CT molecular complexity index is 1080. The van der Waals surface area contributed by atoms with Crippen molar-refractivity contribution in [3.8, 4) is 17.6 Å². The average molecular weight is 399 g/mol. The van der Waals surface area contributed by atoms with Crippen LogP contribution < -0.4 is 10.1 Å². The number of amides is 1. The zero-order chi connectivity index (χ0) is 21.2. The Morgan fingerprint density at radius 3 is 2.30 bits per heavy atom. The van der Waals surface area contributed by atoms with E-state index >= 15 is 0 Å². The molecule has 1 N–H and O–H groups in total. The molecule has 0 atom stereocenters. The van der Waals surface area contributed by atoms with E-state index in [0.717, 1.165) is 11.3 Å². The van der Waals surface area contributed by atoms with Gasteiger partial charge < -0.3 is 14.8 Å². The smallest absolute Gasteiger partial charge is 0.337 e. The SMILES string of the molecule is COC(=O)c1cccc(C#Cc2cccc(NC(=O)CCOc3ccccc3)c2)c1. The highest BCUT2D eigenvalue weighted by atomic mass is 16.5. The molecule has 0 unspecified atom stereocenters. The first kappa shape index (κ1) is 20.7. The third-order valence-electron chi connectivity index (χ3n) is 4.12. The summed E-state index contributed by atoms with van der Waals surface area (Å²) in [6.07, 6.45) is 0.241. The van der Waals surface area contributed by atoms with Gasteiger partial charge in [-0.1, -0.05) is 42.2 Å². The number of hydrogen-bond donors (Lipinski definition) is 1. The summed E-state index contributed by atoms with van der Waals surface area (Å²) < 4.78 is 10.3. The maximum atomic E-state index is 12.2. The molecule has 0 spiro atoms. The molecule has 3 rings (SSSR count). The molecule has 0 aliphatic rings. The summed E-state index contributed by atoms with van der Waals surface area (Å²) in [5.41, 5.74) is 2.56. The predicted molar refractivity (Wildman–Crippen MR) is 115 cm³/mol. The largest absolute Gasteiger partial charge is 0.493 e. The summed E-state index contributed by atoms with van der Waals surface area (Å²) in [5.74, 6) is 6.26. The molecule has 0 aliphatic carbocycles. The summed E-state index contributed by atoms with van der Waals surface area (Å²) >= 11 is 0. The van der Waals surface area contributed by atoms with Gasteiger partial charge in [-0.25, -0.2) is 4.79 Å². The standard InChI is InChI=1S/C25H21NO4/c1-29-25(28)21-9-5-7-19(17-21)13-14-20-8-6-10-22(18-20)26-24(27)15-16-30-23-11-3-2-4-12-23/h2-12,17-18H,15-16H2,1H3,(H,26,27). The number of benzene rings is 3. The second-order valence-corrected chi connectivity index (χ2v) is 6.36. The topological polar surface area (TPSA) is 64.6 Å². The fraction of sp³-hybridized carbons (Fsp3) is 0.120. The Labute approximate surface area is 175 Å². The van der Waals surface area contributed by atoms with Crippen LogP contribution in [0.2, 0.25) is 0 Å². The summed E-state index contributed by atoms with van der Waals surface area (Å²) in [5, 5.41) is 2.85. The number of esters is 1. The molecule has 0 aliphatic heterocycles. The normalized spacial score (nSPS) is 9.77. The van der Waals surface area contributed by atoms with Crippen molar-refractivity contribution in [3.05, 3.63) is 95.6 Å². The molecule has 5 nitrogen and oxygen atoms in total. The lowest BCUT2D eigenvalue weighted by Crippen LogP contribution is -2.15. The van der Waals surface area contributed by atoms with Crippen LogP contribution in [0.25, 0.3) is 0 Å². The highest BCUT2D eigenvalue weighted by Gasteiger charge is 2.05. The third kappa shape index (κ3) is 6.25. The van der Waals surface area contributed by atoms with Gasteiger partial charge in [0.2, 0.25) is 5.91 Å². The van der Waals surface area contributed by atoms with Crippen LogP contribution >= 0.6 is 0 Å². The van der Waals surface area contributed by atoms with Gasteiger partial charge >= 0.3 is 5.97 Å². The molecule has 30 heavy (non-hydrogen) atoms. The van der Waals surface area contributed by atoms with Crippen molar-refractivity contribution in [2.24, 2.45) is 0 Å². The van der Waals surface area contributed by atoms with E-state index in [-0.39, 0.29) is 12.3 Å². The van der Waals surface area contributed by atoms with Crippen molar-refractivity contribution in [2.75, 3.05) is 19.0 Å². The molecule has 1 amide bonds. The van der Waals surface area contributed by atoms with Crippen LogP contribution in [0.3, 0.4) is 0 Å². The van der Waals surface area contributed by atoms with E-state index in [0.29, 0.717) is 23.4 Å². The molecule has 0 heterocycles. The highest BCUT2D eigenvalue weighted by Crippen LogP contribution is 2.12. The fourth-order valence-corrected chi connectivity index (χ4v) is 2.66. The van der Waals surface area contributed by atoms with Crippen LogP contribution in [-0.4, -0.2) is 25.6 Å². The third-order valence-corrected chi connectivity index (χ3v) is 4.12. The van der Waals surface area contributed by atoms with Gasteiger partial charge in [0.1, 0.15) is 5.75 Å². The first-order valence-electron chi connectivity index (χ1n) is 9.42. The van der Waals surface area contributed by atoms with E-state index in [2.05, 4.69) is 17.2 Å². The molecule has 3 aromatic carbocycles. The molecule has 0 saturated carbocycles.